The van der Waals surface area contributed by atoms with Gasteiger partial charge in [0.2, 0.25) is 0 Å². The Balaban J connectivity index is 2.00. The third-order valence-electron chi connectivity index (χ3n) is 5.90. The van der Waals surface area contributed by atoms with E-state index in [0.717, 1.165) is 4.57 Å². The standard InChI is InChI=1S/C28H24F3N5O/c1-3-4-18(11-14-32)25(19-12-15-33-16-13-19)36-27(26(30)31)34-24-10-9-22(17-23(24)28(36)37)35(2)21-7-5-20(29)6-8-21/h3-17,25-26H,1,32H2,2H3/b14-11-,18-4+. The molecule has 2 heterocycles. The van der Waals surface area contributed by atoms with E-state index in [1.54, 1.807) is 54.4 Å². The molecule has 4 rings (SSSR count). The first-order chi connectivity index (χ1) is 17.8. The van der Waals surface area contributed by atoms with Crippen LogP contribution in [0.5, 0.6) is 0 Å². The molecular formula is C28H24F3N5O. The minimum Gasteiger partial charge on any atom is -0.405 e. The van der Waals surface area contributed by atoms with Crippen molar-refractivity contribution in [3.8, 4) is 0 Å². The van der Waals surface area contributed by atoms with Crippen LogP contribution in [0, 0.1) is 5.82 Å². The number of hydrogen-bond acceptors (Lipinski definition) is 5. The van der Waals surface area contributed by atoms with Gasteiger partial charge in [-0.25, -0.2) is 18.2 Å². The quantitative estimate of drug-likeness (QED) is 0.307. The molecule has 0 spiro atoms. The summed E-state index contributed by atoms with van der Waals surface area (Å²) in [5.41, 5.74) is 7.38. The van der Waals surface area contributed by atoms with Crippen LogP contribution in [0.4, 0.5) is 24.5 Å². The molecule has 0 aliphatic heterocycles. The van der Waals surface area contributed by atoms with Crippen molar-refractivity contribution in [3.63, 3.8) is 0 Å². The molecule has 188 valence electrons. The molecule has 0 saturated heterocycles. The zero-order chi connectivity index (χ0) is 26.5. The SMILES string of the molecule is C=C/C=C(\C=C/N)C(c1ccncc1)n1c(C(F)F)nc2ccc(N(C)c3ccc(F)cc3)cc2c1=O. The number of rotatable bonds is 8. The summed E-state index contributed by atoms with van der Waals surface area (Å²) < 4.78 is 43.1. The number of pyridine rings is 1. The smallest absolute Gasteiger partial charge is 0.295 e. The zero-order valence-electron chi connectivity index (χ0n) is 19.9. The summed E-state index contributed by atoms with van der Waals surface area (Å²) in [7, 11) is 1.75. The molecule has 0 radical (unpaired) electrons. The molecule has 2 aromatic heterocycles. The van der Waals surface area contributed by atoms with Gasteiger partial charge >= 0.3 is 0 Å². The van der Waals surface area contributed by atoms with Crippen LogP contribution in [0.25, 0.3) is 10.9 Å². The van der Waals surface area contributed by atoms with E-state index >= 15 is 0 Å². The molecule has 6 nitrogen and oxygen atoms in total. The lowest BCUT2D eigenvalue weighted by Crippen LogP contribution is -2.31. The Labute approximate surface area is 211 Å². The van der Waals surface area contributed by atoms with Gasteiger partial charge in [0.25, 0.3) is 12.0 Å². The van der Waals surface area contributed by atoms with Gasteiger partial charge in [0, 0.05) is 30.8 Å². The minimum absolute atomic E-state index is 0.130. The van der Waals surface area contributed by atoms with Gasteiger partial charge in [0.05, 0.1) is 16.9 Å². The molecule has 0 saturated carbocycles. The first-order valence-electron chi connectivity index (χ1n) is 11.3. The maximum atomic E-state index is 14.4. The van der Waals surface area contributed by atoms with Gasteiger partial charge in [-0.3, -0.25) is 14.3 Å². The van der Waals surface area contributed by atoms with Crippen molar-refractivity contribution in [1.29, 1.82) is 0 Å². The molecule has 1 atom stereocenters. The highest BCUT2D eigenvalue weighted by Crippen LogP contribution is 2.32. The maximum absolute atomic E-state index is 14.4. The summed E-state index contributed by atoms with van der Waals surface area (Å²) in [5.74, 6) is -1.06. The predicted molar refractivity (Wildman–Crippen MR) is 139 cm³/mol. The van der Waals surface area contributed by atoms with E-state index in [1.807, 2.05) is 0 Å². The lowest BCUT2D eigenvalue weighted by Gasteiger charge is -2.25. The van der Waals surface area contributed by atoms with E-state index in [9.17, 15) is 18.0 Å². The van der Waals surface area contributed by atoms with Gasteiger partial charge in [0.15, 0.2) is 5.82 Å². The Kier molecular flexibility index (Phi) is 7.52. The Morgan fingerprint density at radius 2 is 1.76 bits per heavy atom. The number of nitrogens with zero attached hydrogens (tertiary/aromatic N) is 4. The van der Waals surface area contributed by atoms with Gasteiger partial charge in [-0.05, 0) is 78.0 Å². The van der Waals surface area contributed by atoms with Crippen LogP contribution < -0.4 is 16.2 Å². The maximum Gasteiger partial charge on any atom is 0.295 e. The largest absolute Gasteiger partial charge is 0.405 e. The van der Waals surface area contributed by atoms with Crippen molar-refractivity contribution < 1.29 is 13.2 Å². The van der Waals surface area contributed by atoms with Crippen molar-refractivity contribution in [2.24, 2.45) is 5.73 Å². The van der Waals surface area contributed by atoms with Crippen molar-refractivity contribution in [2.75, 3.05) is 11.9 Å². The molecule has 9 heteroatoms. The van der Waals surface area contributed by atoms with Crippen molar-refractivity contribution >= 4 is 22.3 Å². The second-order valence-electron chi connectivity index (χ2n) is 8.13. The molecule has 1 unspecified atom stereocenters. The summed E-state index contributed by atoms with van der Waals surface area (Å²) in [4.78, 5) is 23.9. The molecule has 4 aromatic rings. The summed E-state index contributed by atoms with van der Waals surface area (Å²) in [6.07, 6.45) is 5.86. The second-order valence-corrected chi connectivity index (χ2v) is 8.13. The van der Waals surface area contributed by atoms with Crippen LogP contribution in [-0.2, 0) is 0 Å². The monoisotopic (exact) mass is 503 g/mol. The first kappa shape index (κ1) is 25.4. The van der Waals surface area contributed by atoms with E-state index in [1.165, 1.54) is 48.9 Å². The minimum atomic E-state index is -3.03. The van der Waals surface area contributed by atoms with E-state index in [0.29, 0.717) is 22.5 Å². The van der Waals surface area contributed by atoms with Gasteiger partial charge in [-0.2, -0.15) is 0 Å². The first-order valence-corrected chi connectivity index (χ1v) is 11.3. The number of fused-ring (bicyclic) bond motifs is 1. The topological polar surface area (TPSA) is 77.0 Å². The summed E-state index contributed by atoms with van der Waals surface area (Å²) in [6.45, 7) is 3.70. The Bertz CT molecular complexity index is 1530. The van der Waals surface area contributed by atoms with E-state index in [4.69, 9.17) is 5.73 Å². The van der Waals surface area contributed by atoms with Gasteiger partial charge in [-0.15, -0.1) is 0 Å². The average Bonchev–Trinajstić information content (AvgIpc) is 2.90. The molecule has 0 amide bonds. The van der Waals surface area contributed by atoms with Crippen LogP contribution in [0.3, 0.4) is 0 Å². The molecule has 37 heavy (non-hydrogen) atoms. The number of aromatic nitrogens is 3. The van der Waals surface area contributed by atoms with E-state index in [-0.39, 0.29) is 16.7 Å². The summed E-state index contributed by atoms with van der Waals surface area (Å²) in [5, 5.41) is 0.143. The molecule has 2 N–H and O–H groups in total. The van der Waals surface area contributed by atoms with Gasteiger partial charge in [0.1, 0.15) is 5.82 Å². The number of allylic oxidation sites excluding steroid dienone is 4. The molecule has 2 aromatic carbocycles. The predicted octanol–water partition coefficient (Wildman–Crippen LogP) is 5.81. The fraction of sp³-hybridized carbons (Fsp3) is 0.107. The third-order valence-corrected chi connectivity index (χ3v) is 5.90. The van der Waals surface area contributed by atoms with E-state index in [2.05, 4.69) is 16.5 Å². The lowest BCUT2D eigenvalue weighted by atomic mass is 9.98. The number of anilines is 2. The molecule has 0 fully saturated rings. The second kappa shape index (κ2) is 10.9. The van der Waals surface area contributed by atoms with Crippen molar-refractivity contribution in [3.05, 3.63) is 131 Å². The van der Waals surface area contributed by atoms with E-state index < -0.39 is 23.9 Å². The number of nitrogens with two attached hydrogens (primary N) is 1. The molecule has 0 bridgehead atoms. The number of halogens is 3. The lowest BCUT2D eigenvalue weighted by molar-refractivity contribution is 0.133. The highest BCUT2D eigenvalue weighted by Gasteiger charge is 2.27. The van der Waals surface area contributed by atoms with Crippen LogP contribution in [0.1, 0.15) is 23.9 Å². The Hall–Kier alpha value is -4.66. The highest BCUT2D eigenvalue weighted by atomic mass is 19.3. The average molecular weight is 504 g/mol. The summed E-state index contributed by atoms with van der Waals surface area (Å²) in [6, 6.07) is 12.9. The van der Waals surface area contributed by atoms with Crippen LogP contribution >= 0.6 is 0 Å². The molecular weight excluding hydrogens is 479 g/mol. The number of hydrogen-bond donors (Lipinski definition) is 1. The van der Waals surface area contributed by atoms with Crippen LogP contribution in [0.2, 0.25) is 0 Å². The Morgan fingerprint density at radius 3 is 2.38 bits per heavy atom. The zero-order valence-corrected chi connectivity index (χ0v) is 19.9. The van der Waals surface area contributed by atoms with Crippen LogP contribution in [0.15, 0.2) is 108 Å². The number of alkyl halides is 2. The normalized spacial score (nSPS) is 12.8. The summed E-state index contributed by atoms with van der Waals surface area (Å²) >= 11 is 0. The third kappa shape index (κ3) is 5.16. The number of benzene rings is 2. The highest BCUT2D eigenvalue weighted by molar-refractivity contribution is 5.83. The van der Waals surface area contributed by atoms with Crippen LogP contribution in [-0.4, -0.2) is 21.6 Å². The van der Waals surface area contributed by atoms with Gasteiger partial charge in [-0.1, -0.05) is 18.7 Å². The Morgan fingerprint density at radius 1 is 1.08 bits per heavy atom. The van der Waals surface area contributed by atoms with Crippen molar-refractivity contribution in [2.45, 2.75) is 12.5 Å². The molecule has 0 aliphatic rings. The fourth-order valence-electron chi connectivity index (χ4n) is 4.15. The molecule has 0 aliphatic carbocycles. The fourth-order valence-corrected chi connectivity index (χ4v) is 4.15. The van der Waals surface area contributed by atoms with Gasteiger partial charge < -0.3 is 10.6 Å². The van der Waals surface area contributed by atoms with Crippen molar-refractivity contribution in [1.82, 2.24) is 14.5 Å².